The van der Waals surface area contributed by atoms with Gasteiger partial charge in [-0.05, 0) is 54.5 Å². The molecule has 0 aliphatic carbocycles. The Kier molecular flexibility index (Phi) is 7.02. The third kappa shape index (κ3) is 5.21. The van der Waals surface area contributed by atoms with Crippen LogP contribution in [0.15, 0.2) is 48.5 Å². The number of likely N-dealkylation sites (tertiary alicyclic amines) is 1. The molecule has 1 unspecified atom stereocenters. The number of carbonyl (C=O) groups is 2. The summed E-state index contributed by atoms with van der Waals surface area (Å²) >= 11 is 0. The zero-order valence-electron chi connectivity index (χ0n) is 19.7. The minimum Gasteiger partial charge on any atom is -0.497 e. The van der Waals surface area contributed by atoms with E-state index in [2.05, 4.69) is 41.5 Å². The molecular formula is C27H33N3O3. The van der Waals surface area contributed by atoms with E-state index < -0.39 is 0 Å². The molecule has 0 saturated carbocycles. The number of aromatic amines is 1. The van der Waals surface area contributed by atoms with Crippen LogP contribution >= 0.6 is 0 Å². The van der Waals surface area contributed by atoms with Crippen LogP contribution in [0.5, 0.6) is 5.75 Å². The number of aromatic nitrogens is 1. The SMILES string of the molecule is CCc1ccc(CNC(=O)C(C)C2CCN(C(=O)c3cc4ccc(OC)cc4[nH]3)CC2)cc1. The Morgan fingerprint density at radius 2 is 1.79 bits per heavy atom. The smallest absolute Gasteiger partial charge is 0.270 e. The van der Waals surface area contributed by atoms with Gasteiger partial charge >= 0.3 is 0 Å². The van der Waals surface area contributed by atoms with Crippen LogP contribution in [0.1, 0.15) is 48.3 Å². The number of rotatable bonds is 7. The lowest BCUT2D eigenvalue weighted by atomic mass is 9.84. The molecule has 2 amide bonds. The van der Waals surface area contributed by atoms with E-state index in [4.69, 9.17) is 4.74 Å². The Hall–Kier alpha value is -3.28. The van der Waals surface area contributed by atoms with Gasteiger partial charge in [0.25, 0.3) is 5.91 Å². The Labute approximate surface area is 195 Å². The van der Waals surface area contributed by atoms with Crippen molar-refractivity contribution >= 4 is 22.7 Å². The first-order chi connectivity index (χ1) is 16.0. The van der Waals surface area contributed by atoms with Gasteiger partial charge in [-0.3, -0.25) is 9.59 Å². The van der Waals surface area contributed by atoms with Gasteiger partial charge in [0.2, 0.25) is 5.91 Å². The number of carbonyl (C=O) groups excluding carboxylic acids is 2. The van der Waals surface area contributed by atoms with Crippen molar-refractivity contribution in [2.75, 3.05) is 20.2 Å². The number of fused-ring (bicyclic) bond motifs is 1. The fourth-order valence-electron chi connectivity index (χ4n) is 4.58. The number of hydrogen-bond acceptors (Lipinski definition) is 3. The zero-order valence-corrected chi connectivity index (χ0v) is 19.7. The second-order valence-corrected chi connectivity index (χ2v) is 8.94. The second kappa shape index (κ2) is 10.1. The molecule has 1 atom stereocenters. The predicted octanol–water partition coefficient (Wildman–Crippen LogP) is 4.54. The molecule has 6 heteroatoms. The van der Waals surface area contributed by atoms with Gasteiger partial charge in [0.1, 0.15) is 11.4 Å². The highest BCUT2D eigenvalue weighted by Gasteiger charge is 2.30. The number of hydrogen-bond donors (Lipinski definition) is 2. The van der Waals surface area contributed by atoms with Crippen molar-refractivity contribution < 1.29 is 14.3 Å². The molecule has 2 N–H and O–H groups in total. The van der Waals surface area contributed by atoms with Crippen LogP contribution in [-0.4, -0.2) is 41.9 Å². The summed E-state index contributed by atoms with van der Waals surface area (Å²) in [7, 11) is 1.63. The standard InChI is InChI=1S/C27H33N3O3/c1-4-19-5-7-20(8-6-19)17-28-26(31)18(2)21-11-13-30(14-12-21)27(32)25-15-22-9-10-23(33-3)16-24(22)29-25/h5-10,15-16,18,21,29H,4,11-14,17H2,1-3H3,(H,28,31). The largest absolute Gasteiger partial charge is 0.497 e. The molecule has 0 radical (unpaired) electrons. The van der Waals surface area contributed by atoms with Crippen molar-refractivity contribution in [3.05, 3.63) is 65.4 Å². The monoisotopic (exact) mass is 447 g/mol. The number of ether oxygens (including phenoxy) is 1. The molecule has 4 rings (SSSR count). The molecule has 0 spiro atoms. The third-order valence-corrected chi connectivity index (χ3v) is 6.91. The first-order valence-electron chi connectivity index (χ1n) is 11.8. The van der Waals surface area contributed by atoms with Crippen molar-refractivity contribution in [2.45, 2.75) is 39.7 Å². The highest BCUT2D eigenvalue weighted by Crippen LogP contribution is 2.27. The third-order valence-electron chi connectivity index (χ3n) is 6.91. The van der Waals surface area contributed by atoms with Gasteiger partial charge in [0.15, 0.2) is 0 Å². The molecule has 33 heavy (non-hydrogen) atoms. The quantitative estimate of drug-likeness (QED) is 0.558. The molecule has 174 valence electrons. The molecule has 1 aromatic heterocycles. The summed E-state index contributed by atoms with van der Waals surface area (Å²) in [6.07, 6.45) is 2.68. The van der Waals surface area contributed by atoms with Crippen LogP contribution in [0.3, 0.4) is 0 Å². The van der Waals surface area contributed by atoms with Crippen molar-refractivity contribution in [1.29, 1.82) is 0 Å². The molecule has 1 aliphatic rings. The Balaban J connectivity index is 1.29. The van der Waals surface area contributed by atoms with Crippen LogP contribution in [-0.2, 0) is 17.8 Å². The molecule has 2 aromatic carbocycles. The fourth-order valence-corrected chi connectivity index (χ4v) is 4.58. The highest BCUT2D eigenvalue weighted by molar-refractivity contribution is 5.98. The van der Waals surface area contributed by atoms with Crippen LogP contribution in [0.25, 0.3) is 10.9 Å². The van der Waals surface area contributed by atoms with Gasteiger partial charge < -0.3 is 19.9 Å². The van der Waals surface area contributed by atoms with Gasteiger partial charge in [-0.2, -0.15) is 0 Å². The number of aryl methyl sites for hydroxylation is 1. The minimum absolute atomic E-state index is 0.0104. The van der Waals surface area contributed by atoms with Crippen molar-refractivity contribution in [3.63, 3.8) is 0 Å². The number of nitrogens with one attached hydrogen (secondary N) is 2. The van der Waals surface area contributed by atoms with E-state index in [9.17, 15) is 9.59 Å². The topological polar surface area (TPSA) is 74.4 Å². The molecular weight excluding hydrogens is 414 g/mol. The second-order valence-electron chi connectivity index (χ2n) is 8.94. The van der Waals surface area contributed by atoms with Gasteiger partial charge in [-0.25, -0.2) is 0 Å². The number of amides is 2. The summed E-state index contributed by atoms with van der Waals surface area (Å²) in [5, 5.41) is 4.07. The average molecular weight is 448 g/mol. The number of benzene rings is 2. The van der Waals surface area contributed by atoms with E-state index in [1.54, 1.807) is 7.11 Å². The van der Waals surface area contributed by atoms with Crippen LogP contribution in [0.2, 0.25) is 0 Å². The fraction of sp³-hybridized carbons (Fsp3) is 0.407. The summed E-state index contributed by atoms with van der Waals surface area (Å²) in [5.74, 6) is 1.07. The normalized spacial score (nSPS) is 15.4. The molecule has 3 aromatic rings. The van der Waals surface area contributed by atoms with E-state index in [0.29, 0.717) is 25.3 Å². The maximum absolute atomic E-state index is 13.0. The van der Waals surface area contributed by atoms with Gasteiger partial charge in [-0.15, -0.1) is 0 Å². The lowest BCUT2D eigenvalue weighted by Gasteiger charge is -2.34. The lowest BCUT2D eigenvalue weighted by Crippen LogP contribution is -2.42. The number of methoxy groups -OCH3 is 1. The Morgan fingerprint density at radius 1 is 1.09 bits per heavy atom. The first kappa shape index (κ1) is 22.9. The van der Waals surface area contributed by atoms with Gasteiger partial charge in [0.05, 0.1) is 7.11 Å². The van der Waals surface area contributed by atoms with Crippen molar-refractivity contribution in [3.8, 4) is 5.75 Å². The number of H-pyrrole nitrogens is 1. The molecule has 0 bridgehead atoms. The summed E-state index contributed by atoms with van der Waals surface area (Å²) in [4.78, 5) is 30.9. The predicted molar refractivity (Wildman–Crippen MR) is 130 cm³/mol. The van der Waals surface area contributed by atoms with Crippen LogP contribution < -0.4 is 10.1 Å². The van der Waals surface area contributed by atoms with Crippen molar-refractivity contribution in [2.24, 2.45) is 11.8 Å². The van der Waals surface area contributed by atoms with Gasteiger partial charge in [0, 0.05) is 42.5 Å². The van der Waals surface area contributed by atoms with Gasteiger partial charge in [-0.1, -0.05) is 38.1 Å². The lowest BCUT2D eigenvalue weighted by molar-refractivity contribution is -0.126. The zero-order chi connectivity index (χ0) is 23.4. The molecule has 1 fully saturated rings. The Bertz CT molecular complexity index is 1110. The van der Waals surface area contributed by atoms with Crippen LogP contribution in [0, 0.1) is 11.8 Å². The average Bonchev–Trinajstić information content (AvgIpc) is 3.30. The van der Waals surface area contributed by atoms with E-state index in [1.165, 1.54) is 5.56 Å². The number of nitrogens with zero attached hydrogens (tertiary/aromatic N) is 1. The molecule has 2 heterocycles. The Morgan fingerprint density at radius 3 is 2.45 bits per heavy atom. The minimum atomic E-state index is -0.0716. The van der Waals surface area contributed by atoms with E-state index in [-0.39, 0.29) is 23.7 Å². The molecule has 6 nitrogen and oxygen atoms in total. The summed E-state index contributed by atoms with van der Waals surface area (Å²) in [5.41, 5.74) is 3.90. The summed E-state index contributed by atoms with van der Waals surface area (Å²) < 4.78 is 5.27. The van der Waals surface area contributed by atoms with Crippen LogP contribution in [0.4, 0.5) is 0 Å². The maximum Gasteiger partial charge on any atom is 0.270 e. The van der Waals surface area contributed by atoms with E-state index in [0.717, 1.165) is 41.5 Å². The van der Waals surface area contributed by atoms with E-state index in [1.807, 2.05) is 36.1 Å². The number of piperidine rings is 1. The van der Waals surface area contributed by atoms with E-state index >= 15 is 0 Å². The molecule has 1 aliphatic heterocycles. The summed E-state index contributed by atoms with van der Waals surface area (Å²) in [6.45, 7) is 6.02. The van der Waals surface area contributed by atoms with Crippen molar-refractivity contribution in [1.82, 2.24) is 15.2 Å². The maximum atomic E-state index is 13.0. The highest BCUT2D eigenvalue weighted by atomic mass is 16.5. The summed E-state index contributed by atoms with van der Waals surface area (Å²) in [6, 6.07) is 16.0. The molecule has 1 saturated heterocycles. The first-order valence-corrected chi connectivity index (χ1v) is 11.8.